The molecule has 118 valence electrons. The Labute approximate surface area is 128 Å². The van der Waals surface area contributed by atoms with Crippen molar-refractivity contribution in [1.29, 1.82) is 0 Å². The average Bonchev–Trinajstić information content (AvgIpc) is 2.48. The SMILES string of the molecule is CCC1CCC(CNS(=O)(=O)Cc2ccc(N)cc2)CC1. The van der Waals surface area contributed by atoms with Crippen LogP contribution in [0, 0.1) is 11.8 Å². The molecule has 0 aromatic heterocycles. The maximum absolute atomic E-state index is 12.1. The molecule has 1 aliphatic carbocycles. The lowest BCUT2D eigenvalue weighted by Crippen LogP contribution is -2.32. The van der Waals surface area contributed by atoms with Crippen molar-refractivity contribution in [1.82, 2.24) is 4.72 Å². The number of anilines is 1. The fourth-order valence-corrected chi connectivity index (χ4v) is 4.20. The standard InChI is InChI=1S/C16H26N2O2S/c1-2-13-3-5-14(6-4-13)11-18-21(19,20)12-15-7-9-16(17)10-8-15/h7-10,13-14,18H,2-6,11-12,17H2,1H3. The van der Waals surface area contributed by atoms with Crippen LogP contribution in [0.4, 0.5) is 5.69 Å². The summed E-state index contributed by atoms with van der Waals surface area (Å²) in [4.78, 5) is 0. The van der Waals surface area contributed by atoms with E-state index in [1.54, 1.807) is 24.3 Å². The van der Waals surface area contributed by atoms with Gasteiger partial charge < -0.3 is 5.73 Å². The van der Waals surface area contributed by atoms with E-state index in [0.717, 1.165) is 24.3 Å². The quantitative estimate of drug-likeness (QED) is 0.794. The number of hydrogen-bond acceptors (Lipinski definition) is 3. The summed E-state index contributed by atoms with van der Waals surface area (Å²) in [6.45, 7) is 2.81. The van der Waals surface area contributed by atoms with E-state index in [1.165, 1.54) is 19.3 Å². The smallest absolute Gasteiger partial charge is 0.215 e. The first-order chi connectivity index (χ1) is 9.98. The minimum atomic E-state index is -3.26. The predicted octanol–water partition coefficient (Wildman–Crippen LogP) is 2.90. The third-order valence-electron chi connectivity index (χ3n) is 4.47. The maximum Gasteiger partial charge on any atom is 0.215 e. The average molecular weight is 310 g/mol. The van der Waals surface area contributed by atoms with Crippen molar-refractivity contribution >= 4 is 15.7 Å². The van der Waals surface area contributed by atoms with E-state index in [0.29, 0.717) is 18.2 Å². The number of nitrogen functional groups attached to an aromatic ring is 1. The second kappa shape index (κ2) is 7.27. The van der Waals surface area contributed by atoms with Crippen molar-refractivity contribution in [2.45, 2.75) is 44.8 Å². The topological polar surface area (TPSA) is 72.2 Å². The molecule has 21 heavy (non-hydrogen) atoms. The Morgan fingerprint density at radius 2 is 1.67 bits per heavy atom. The second-order valence-corrected chi connectivity index (χ2v) is 7.95. The molecule has 0 aliphatic heterocycles. The molecule has 1 aromatic rings. The largest absolute Gasteiger partial charge is 0.399 e. The number of benzene rings is 1. The molecule has 1 saturated carbocycles. The Morgan fingerprint density at radius 3 is 2.24 bits per heavy atom. The minimum absolute atomic E-state index is 0.0254. The normalized spacial score (nSPS) is 23.1. The first-order valence-corrected chi connectivity index (χ1v) is 9.45. The van der Waals surface area contributed by atoms with Crippen LogP contribution in [0.15, 0.2) is 24.3 Å². The molecule has 1 fully saturated rings. The fraction of sp³-hybridized carbons (Fsp3) is 0.625. The molecular weight excluding hydrogens is 284 g/mol. The van der Waals surface area contributed by atoms with Crippen molar-refractivity contribution < 1.29 is 8.42 Å². The van der Waals surface area contributed by atoms with Gasteiger partial charge >= 0.3 is 0 Å². The van der Waals surface area contributed by atoms with Crippen LogP contribution in [-0.2, 0) is 15.8 Å². The summed E-state index contributed by atoms with van der Waals surface area (Å²) >= 11 is 0. The third-order valence-corrected chi connectivity index (χ3v) is 5.79. The van der Waals surface area contributed by atoms with Crippen LogP contribution in [-0.4, -0.2) is 15.0 Å². The number of nitrogens with one attached hydrogen (secondary N) is 1. The lowest BCUT2D eigenvalue weighted by atomic mass is 9.81. The monoisotopic (exact) mass is 310 g/mol. The van der Waals surface area contributed by atoms with E-state index >= 15 is 0 Å². The van der Waals surface area contributed by atoms with E-state index in [1.807, 2.05) is 0 Å². The molecule has 2 rings (SSSR count). The van der Waals surface area contributed by atoms with Gasteiger partial charge in [0.05, 0.1) is 5.75 Å². The lowest BCUT2D eigenvalue weighted by Gasteiger charge is -2.27. The summed E-state index contributed by atoms with van der Waals surface area (Å²) in [7, 11) is -3.26. The van der Waals surface area contributed by atoms with Crippen LogP contribution in [0.5, 0.6) is 0 Å². The van der Waals surface area contributed by atoms with Crippen LogP contribution in [0.25, 0.3) is 0 Å². The number of sulfonamides is 1. The molecule has 1 aliphatic rings. The van der Waals surface area contributed by atoms with E-state index in [-0.39, 0.29) is 5.75 Å². The van der Waals surface area contributed by atoms with Crippen LogP contribution >= 0.6 is 0 Å². The van der Waals surface area contributed by atoms with Gasteiger partial charge in [0.1, 0.15) is 0 Å². The van der Waals surface area contributed by atoms with Gasteiger partial charge in [-0.2, -0.15) is 0 Å². The fourth-order valence-electron chi connectivity index (χ4n) is 2.97. The second-order valence-electron chi connectivity index (χ2n) is 6.14. The molecule has 3 N–H and O–H groups in total. The molecule has 4 nitrogen and oxygen atoms in total. The first kappa shape index (κ1) is 16.3. The van der Waals surface area contributed by atoms with Crippen LogP contribution < -0.4 is 10.5 Å². The van der Waals surface area contributed by atoms with Gasteiger partial charge in [0.15, 0.2) is 0 Å². The highest BCUT2D eigenvalue weighted by Crippen LogP contribution is 2.30. The third kappa shape index (κ3) is 5.32. The Bertz CT molecular complexity index is 532. The summed E-state index contributed by atoms with van der Waals surface area (Å²) in [6.07, 6.45) is 6.00. The van der Waals surface area contributed by atoms with Crippen LogP contribution in [0.3, 0.4) is 0 Å². The van der Waals surface area contributed by atoms with Gasteiger partial charge in [-0.1, -0.05) is 38.3 Å². The molecular formula is C16H26N2O2S. The summed E-state index contributed by atoms with van der Waals surface area (Å²) in [5, 5.41) is 0. The van der Waals surface area contributed by atoms with Crippen molar-refractivity contribution in [2.75, 3.05) is 12.3 Å². The van der Waals surface area contributed by atoms with Gasteiger partial charge in [-0.25, -0.2) is 13.1 Å². The predicted molar refractivity (Wildman–Crippen MR) is 87.2 cm³/mol. The van der Waals surface area contributed by atoms with Crippen molar-refractivity contribution in [3.8, 4) is 0 Å². The zero-order valence-corrected chi connectivity index (χ0v) is 13.5. The summed E-state index contributed by atoms with van der Waals surface area (Å²) < 4.78 is 27.0. The molecule has 0 atom stereocenters. The maximum atomic E-state index is 12.1. The van der Waals surface area contributed by atoms with Crippen molar-refractivity contribution in [3.63, 3.8) is 0 Å². The Hall–Kier alpha value is -1.07. The van der Waals surface area contributed by atoms with E-state index in [2.05, 4.69) is 11.6 Å². The van der Waals surface area contributed by atoms with Crippen molar-refractivity contribution in [3.05, 3.63) is 29.8 Å². The van der Waals surface area contributed by atoms with E-state index in [4.69, 9.17) is 5.73 Å². The summed E-state index contributed by atoms with van der Waals surface area (Å²) in [5.41, 5.74) is 7.02. The van der Waals surface area contributed by atoms with Crippen molar-refractivity contribution in [2.24, 2.45) is 11.8 Å². The van der Waals surface area contributed by atoms with Gasteiger partial charge in [0.25, 0.3) is 0 Å². The first-order valence-electron chi connectivity index (χ1n) is 7.80. The molecule has 5 heteroatoms. The molecule has 0 saturated heterocycles. The summed E-state index contributed by atoms with van der Waals surface area (Å²) in [6, 6.07) is 7.00. The van der Waals surface area contributed by atoms with Gasteiger partial charge in [-0.05, 0) is 42.4 Å². The van der Waals surface area contributed by atoms with E-state index < -0.39 is 10.0 Å². The summed E-state index contributed by atoms with van der Waals surface area (Å²) in [5.74, 6) is 1.36. The number of hydrogen-bond donors (Lipinski definition) is 2. The molecule has 0 heterocycles. The Morgan fingerprint density at radius 1 is 1.10 bits per heavy atom. The van der Waals surface area contributed by atoms with Gasteiger partial charge in [0.2, 0.25) is 10.0 Å². The minimum Gasteiger partial charge on any atom is -0.399 e. The molecule has 0 unspecified atom stereocenters. The zero-order valence-electron chi connectivity index (χ0n) is 12.7. The molecule has 0 spiro atoms. The Balaban J connectivity index is 1.80. The van der Waals surface area contributed by atoms with Crippen LogP contribution in [0.2, 0.25) is 0 Å². The molecule has 0 amide bonds. The zero-order chi connectivity index (χ0) is 15.3. The van der Waals surface area contributed by atoms with Gasteiger partial charge in [0, 0.05) is 12.2 Å². The van der Waals surface area contributed by atoms with Gasteiger partial charge in [-0.3, -0.25) is 0 Å². The molecule has 0 radical (unpaired) electrons. The highest BCUT2D eigenvalue weighted by Gasteiger charge is 2.21. The number of rotatable bonds is 6. The highest BCUT2D eigenvalue weighted by atomic mass is 32.2. The lowest BCUT2D eigenvalue weighted by molar-refractivity contribution is 0.270. The molecule has 0 bridgehead atoms. The Kier molecular flexibility index (Phi) is 5.65. The van der Waals surface area contributed by atoms with Gasteiger partial charge in [-0.15, -0.1) is 0 Å². The molecule has 1 aromatic carbocycles. The van der Waals surface area contributed by atoms with E-state index in [9.17, 15) is 8.42 Å². The van der Waals surface area contributed by atoms with Crippen LogP contribution in [0.1, 0.15) is 44.6 Å². The number of nitrogens with two attached hydrogens (primary N) is 1. The highest BCUT2D eigenvalue weighted by molar-refractivity contribution is 7.88.